The Kier molecular flexibility index (Phi) is 6.63. The molecule has 0 atom stereocenters. The molecular weight excluding hydrogens is 352 g/mol. The van der Waals surface area contributed by atoms with E-state index in [0.29, 0.717) is 0 Å². The Balaban J connectivity index is 1.61. The highest BCUT2D eigenvalue weighted by atomic mass is 16.5. The molecule has 0 bridgehead atoms. The van der Waals surface area contributed by atoms with Crippen molar-refractivity contribution in [1.29, 1.82) is 0 Å². The first-order valence-electron chi connectivity index (χ1n) is 9.91. The number of para-hydroxylation sites is 2. The Labute approximate surface area is 167 Å². The fourth-order valence-corrected chi connectivity index (χ4v) is 3.51. The highest BCUT2D eigenvalue weighted by Gasteiger charge is 2.18. The minimum absolute atomic E-state index is 0.265. The molecule has 0 saturated carbocycles. The van der Waals surface area contributed by atoms with Gasteiger partial charge in [0.15, 0.2) is 0 Å². The second kappa shape index (κ2) is 9.35. The average Bonchev–Trinajstić information content (AvgIpc) is 2.74. The minimum atomic E-state index is 0.265. The first-order valence-corrected chi connectivity index (χ1v) is 9.91. The molecule has 0 amide bonds. The predicted molar refractivity (Wildman–Crippen MR) is 116 cm³/mol. The van der Waals surface area contributed by atoms with E-state index >= 15 is 0 Å². The van der Waals surface area contributed by atoms with Gasteiger partial charge in [0.2, 0.25) is 0 Å². The van der Waals surface area contributed by atoms with Gasteiger partial charge in [-0.1, -0.05) is 12.1 Å². The van der Waals surface area contributed by atoms with Crippen LogP contribution in [0.3, 0.4) is 0 Å². The van der Waals surface area contributed by atoms with E-state index < -0.39 is 0 Å². The van der Waals surface area contributed by atoms with Crippen LogP contribution in [-0.2, 0) is 0 Å². The Morgan fingerprint density at radius 2 is 1.79 bits per heavy atom. The van der Waals surface area contributed by atoms with E-state index in [-0.39, 0.29) is 5.75 Å². The smallest absolute Gasteiger partial charge is 0.142 e. The molecule has 0 aromatic heterocycles. The number of phenols is 1. The quantitative estimate of drug-likeness (QED) is 0.744. The van der Waals surface area contributed by atoms with Crippen LogP contribution in [0.2, 0.25) is 0 Å². The third kappa shape index (κ3) is 4.50. The highest BCUT2D eigenvalue weighted by Crippen LogP contribution is 2.28. The van der Waals surface area contributed by atoms with Crippen LogP contribution < -0.4 is 14.5 Å². The van der Waals surface area contributed by atoms with Crippen molar-refractivity contribution in [2.45, 2.75) is 13.8 Å². The molecule has 6 heteroatoms. The fourth-order valence-electron chi connectivity index (χ4n) is 3.51. The number of methoxy groups -OCH3 is 1. The molecule has 3 rings (SSSR count). The summed E-state index contributed by atoms with van der Waals surface area (Å²) in [6, 6.07) is 13.9. The van der Waals surface area contributed by atoms with Crippen LogP contribution in [-0.4, -0.2) is 62.7 Å². The minimum Gasteiger partial charge on any atom is -0.507 e. The average molecular weight is 383 g/mol. The van der Waals surface area contributed by atoms with Crippen LogP contribution in [0.25, 0.3) is 0 Å². The van der Waals surface area contributed by atoms with Crippen molar-refractivity contribution >= 4 is 17.6 Å². The number of piperazine rings is 1. The van der Waals surface area contributed by atoms with Gasteiger partial charge in [0.25, 0.3) is 0 Å². The van der Waals surface area contributed by atoms with E-state index in [9.17, 15) is 5.11 Å². The molecule has 0 unspecified atom stereocenters. The highest BCUT2D eigenvalue weighted by molar-refractivity contribution is 5.84. The van der Waals surface area contributed by atoms with Gasteiger partial charge in [0.1, 0.15) is 11.5 Å². The molecule has 0 spiro atoms. The van der Waals surface area contributed by atoms with Gasteiger partial charge in [-0.05, 0) is 38.1 Å². The summed E-state index contributed by atoms with van der Waals surface area (Å²) in [7, 11) is 1.71. The number of hydrogen-bond acceptors (Lipinski definition) is 6. The van der Waals surface area contributed by atoms with Gasteiger partial charge in [0.05, 0.1) is 32.1 Å². The van der Waals surface area contributed by atoms with Gasteiger partial charge in [-0.3, -0.25) is 5.01 Å². The number of hydrazone groups is 1. The summed E-state index contributed by atoms with van der Waals surface area (Å²) in [5.74, 6) is 1.17. The molecule has 28 heavy (non-hydrogen) atoms. The lowest BCUT2D eigenvalue weighted by molar-refractivity contribution is 0.271. The maximum absolute atomic E-state index is 10.4. The summed E-state index contributed by atoms with van der Waals surface area (Å²) in [6.07, 6.45) is 1.75. The van der Waals surface area contributed by atoms with Gasteiger partial charge in [0, 0.05) is 43.5 Å². The SMILES string of the molecule is CCN(CC)c1ccc(C=NN2CCN(c3ccccc3OC)CC2)c(O)c1. The summed E-state index contributed by atoms with van der Waals surface area (Å²) in [6.45, 7) is 9.47. The van der Waals surface area contributed by atoms with Gasteiger partial charge >= 0.3 is 0 Å². The van der Waals surface area contributed by atoms with E-state index in [4.69, 9.17) is 4.74 Å². The first kappa shape index (κ1) is 19.9. The van der Waals surface area contributed by atoms with Crippen LogP contribution in [0, 0.1) is 0 Å². The second-order valence-electron chi connectivity index (χ2n) is 6.77. The molecule has 6 nitrogen and oxygen atoms in total. The molecule has 1 heterocycles. The molecule has 0 aliphatic carbocycles. The van der Waals surface area contributed by atoms with Crippen LogP contribution in [0.1, 0.15) is 19.4 Å². The number of hydrogen-bond donors (Lipinski definition) is 1. The van der Waals surface area contributed by atoms with E-state index in [2.05, 4.69) is 34.8 Å². The van der Waals surface area contributed by atoms with Crippen LogP contribution in [0.15, 0.2) is 47.6 Å². The summed E-state index contributed by atoms with van der Waals surface area (Å²) in [5.41, 5.74) is 2.89. The molecule has 1 N–H and O–H groups in total. The normalized spacial score (nSPS) is 14.5. The number of ether oxygens (including phenoxy) is 1. The second-order valence-corrected chi connectivity index (χ2v) is 6.77. The Hall–Kier alpha value is -2.89. The number of phenolic OH excluding ortho intramolecular Hbond substituents is 1. The van der Waals surface area contributed by atoms with Crippen LogP contribution >= 0.6 is 0 Å². The van der Waals surface area contributed by atoms with Gasteiger partial charge in [-0.2, -0.15) is 5.10 Å². The fraction of sp³-hybridized carbons (Fsp3) is 0.409. The Morgan fingerprint density at radius 3 is 2.43 bits per heavy atom. The van der Waals surface area contributed by atoms with Crippen molar-refractivity contribution in [3.05, 3.63) is 48.0 Å². The van der Waals surface area contributed by atoms with Crippen LogP contribution in [0.4, 0.5) is 11.4 Å². The monoisotopic (exact) mass is 382 g/mol. The molecule has 150 valence electrons. The summed E-state index contributed by atoms with van der Waals surface area (Å²) < 4.78 is 5.47. The number of benzene rings is 2. The first-order chi connectivity index (χ1) is 13.7. The number of aromatic hydroxyl groups is 1. The molecule has 2 aromatic carbocycles. The van der Waals surface area contributed by atoms with E-state index in [1.54, 1.807) is 13.3 Å². The lowest BCUT2D eigenvalue weighted by atomic mass is 10.2. The molecule has 0 radical (unpaired) electrons. The molecule has 1 saturated heterocycles. The number of nitrogens with zero attached hydrogens (tertiary/aromatic N) is 4. The van der Waals surface area contributed by atoms with Crippen molar-refractivity contribution in [3.63, 3.8) is 0 Å². The zero-order valence-corrected chi connectivity index (χ0v) is 17.0. The summed E-state index contributed by atoms with van der Waals surface area (Å²) in [4.78, 5) is 4.53. The van der Waals surface area contributed by atoms with E-state index in [1.165, 1.54) is 0 Å². The maximum Gasteiger partial charge on any atom is 0.142 e. The molecular formula is C22H30N4O2. The van der Waals surface area contributed by atoms with Gasteiger partial charge in [-0.15, -0.1) is 0 Å². The van der Waals surface area contributed by atoms with Crippen molar-refractivity contribution in [2.24, 2.45) is 5.10 Å². The molecule has 1 aliphatic heterocycles. The molecule has 1 fully saturated rings. The maximum atomic E-state index is 10.4. The van der Waals surface area contributed by atoms with E-state index in [0.717, 1.165) is 62.0 Å². The third-order valence-corrected chi connectivity index (χ3v) is 5.18. The largest absolute Gasteiger partial charge is 0.507 e. The van der Waals surface area contributed by atoms with Crippen molar-refractivity contribution in [2.75, 3.05) is 56.2 Å². The van der Waals surface area contributed by atoms with Crippen molar-refractivity contribution in [1.82, 2.24) is 5.01 Å². The Bertz CT molecular complexity index is 797. The summed E-state index contributed by atoms with van der Waals surface area (Å²) in [5, 5.41) is 17.0. The molecule has 1 aliphatic rings. The lowest BCUT2D eigenvalue weighted by Crippen LogP contribution is -2.44. The zero-order valence-electron chi connectivity index (χ0n) is 17.0. The van der Waals surface area contributed by atoms with E-state index in [1.807, 2.05) is 41.4 Å². The lowest BCUT2D eigenvalue weighted by Gasteiger charge is -2.35. The van der Waals surface area contributed by atoms with Crippen molar-refractivity contribution in [3.8, 4) is 11.5 Å². The van der Waals surface area contributed by atoms with Crippen molar-refractivity contribution < 1.29 is 9.84 Å². The standard InChI is InChI=1S/C22H30N4O2/c1-4-24(5-2)19-11-10-18(21(27)16-19)17-23-26-14-12-25(13-15-26)20-8-6-7-9-22(20)28-3/h6-11,16-17,27H,4-5,12-15H2,1-3H3. The van der Waals surface area contributed by atoms with Crippen LogP contribution in [0.5, 0.6) is 11.5 Å². The van der Waals surface area contributed by atoms with Gasteiger partial charge < -0.3 is 19.6 Å². The Morgan fingerprint density at radius 1 is 1.07 bits per heavy atom. The topological polar surface area (TPSA) is 51.5 Å². The third-order valence-electron chi connectivity index (χ3n) is 5.18. The molecule has 2 aromatic rings. The summed E-state index contributed by atoms with van der Waals surface area (Å²) >= 11 is 0. The van der Waals surface area contributed by atoms with Gasteiger partial charge in [-0.25, -0.2) is 0 Å². The number of rotatable bonds is 7. The zero-order chi connectivity index (χ0) is 19.9. The number of anilines is 2. The predicted octanol–water partition coefficient (Wildman–Crippen LogP) is 3.40.